The highest BCUT2D eigenvalue weighted by molar-refractivity contribution is 5.87. The minimum Gasteiger partial charge on any atom is -0.496 e. The van der Waals surface area contributed by atoms with Gasteiger partial charge in [-0.15, -0.1) is 0 Å². The largest absolute Gasteiger partial charge is 0.496 e. The molecule has 0 bridgehead atoms. The zero-order valence-corrected chi connectivity index (χ0v) is 12.8. The van der Waals surface area contributed by atoms with Crippen molar-refractivity contribution in [3.8, 4) is 17.0 Å². The van der Waals surface area contributed by atoms with Crippen molar-refractivity contribution >= 4 is 5.97 Å². The molecule has 0 aliphatic heterocycles. The number of carboxylic acids is 1. The van der Waals surface area contributed by atoms with E-state index in [-0.39, 0.29) is 5.69 Å². The molecule has 21 heavy (non-hydrogen) atoms. The summed E-state index contributed by atoms with van der Waals surface area (Å²) in [7, 11) is 1.60. The Kier molecular flexibility index (Phi) is 4.31. The van der Waals surface area contributed by atoms with E-state index in [0.717, 1.165) is 11.1 Å². The van der Waals surface area contributed by atoms with Crippen LogP contribution in [-0.2, 0) is 6.54 Å². The standard InChI is InChI=1S/C16H20N2O3/c1-5-18-14(16(19)20)9-13(17-18)12-8-11(10(2)3)6-7-15(12)21-4/h6-10H,5H2,1-4H3,(H,19,20). The van der Waals surface area contributed by atoms with E-state index in [1.165, 1.54) is 4.68 Å². The minimum absolute atomic E-state index is 0.185. The molecule has 1 aromatic carbocycles. The number of rotatable bonds is 5. The number of nitrogens with zero attached hydrogens (tertiary/aromatic N) is 2. The Bertz CT molecular complexity index is 660. The van der Waals surface area contributed by atoms with Crippen LogP contribution in [0.15, 0.2) is 24.3 Å². The second-order valence-electron chi connectivity index (χ2n) is 5.15. The first-order valence-corrected chi connectivity index (χ1v) is 6.97. The third-order valence-corrected chi connectivity index (χ3v) is 3.46. The Morgan fingerprint density at radius 3 is 2.57 bits per heavy atom. The lowest BCUT2D eigenvalue weighted by Gasteiger charge is -2.11. The van der Waals surface area contributed by atoms with Gasteiger partial charge in [0.15, 0.2) is 0 Å². The lowest BCUT2D eigenvalue weighted by molar-refractivity contribution is 0.0683. The highest BCUT2D eigenvalue weighted by Gasteiger charge is 2.17. The minimum atomic E-state index is -0.977. The highest BCUT2D eigenvalue weighted by atomic mass is 16.5. The van der Waals surface area contributed by atoms with Gasteiger partial charge in [0, 0.05) is 12.1 Å². The van der Waals surface area contributed by atoms with Crippen LogP contribution in [0.25, 0.3) is 11.3 Å². The molecule has 0 unspecified atom stereocenters. The summed E-state index contributed by atoms with van der Waals surface area (Å²) >= 11 is 0. The van der Waals surface area contributed by atoms with Gasteiger partial charge in [-0.05, 0) is 36.6 Å². The fourth-order valence-corrected chi connectivity index (χ4v) is 2.25. The summed E-state index contributed by atoms with van der Waals surface area (Å²) in [4.78, 5) is 11.3. The molecule has 0 radical (unpaired) electrons. The van der Waals surface area contributed by atoms with Crippen molar-refractivity contribution in [2.45, 2.75) is 33.2 Å². The van der Waals surface area contributed by atoms with Crippen LogP contribution < -0.4 is 4.74 Å². The Labute approximate surface area is 124 Å². The van der Waals surface area contributed by atoms with E-state index < -0.39 is 5.97 Å². The van der Waals surface area contributed by atoms with Gasteiger partial charge in [0.1, 0.15) is 11.4 Å². The molecule has 1 N–H and O–H groups in total. The normalized spacial score (nSPS) is 10.9. The molecule has 0 atom stereocenters. The van der Waals surface area contributed by atoms with Gasteiger partial charge in [-0.1, -0.05) is 19.9 Å². The summed E-state index contributed by atoms with van der Waals surface area (Å²) in [5, 5.41) is 13.6. The third-order valence-electron chi connectivity index (χ3n) is 3.46. The number of benzene rings is 1. The molecule has 0 aliphatic carbocycles. The summed E-state index contributed by atoms with van der Waals surface area (Å²) in [6, 6.07) is 7.52. The number of carboxylic acid groups (broad SMARTS) is 1. The maximum atomic E-state index is 11.3. The predicted octanol–water partition coefficient (Wildman–Crippen LogP) is 3.40. The number of ether oxygens (including phenoxy) is 1. The molecule has 2 aromatic rings. The maximum absolute atomic E-state index is 11.3. The lowest BCUT2D eigenvalue weighted by Crippen LogP contribution is -2.08. The van der Waals surface area contributed by atoms with Crippen LogP contribution in [0.1, 0.15) is 42.7 Å². The van der Waals surface area contributed by atoms with Crippen molar-refractivity contribution in [3.63, 3.8) is 0 Å². The van der Waals surface area contributed by atoms with E-state index in [9.17, 15) is 9.90 Å². The van der Waals surface area contributed by atoms with Gasteiger partial charge in [0.05, 0.1) is 12.8 Å². The number of carbonyl (C=O) groups is 1. The number of aromatic nitrogens is 2. The molecule has 2 rings (SSSR count). The zero-order valence-electron chi connectivity index (χ0n) is 12.8. The molecule has 0 aliphatic rings. The summed E-state index contributed by atoms with van der Waals surface area (Å²) in [6.45, 7) is 6.59. The summed E-state index contributed by atoms with van der Waals surface area (Å²) in [6.07, 6.45) is 0. The van der Waals surface area contributed by atoms with Gasteiger partial charge in [-0.2, -0.15) is 5.10 Å². The second kappa shape index (κ2) is 5.99. The first kappa shape index (κ1) is 15.1. The van der Waals surface area contributed by atoms with Crippen LogP contribution >= 0.6 is 0 Å². The van der Waals surface area contributed by atoms with Gasteiger partial charge < -0.3 is 9.84 Å². The second-order valence-corrected chi connectivity index (χ2v) is 5.15. The molecule has 1 aromatic heterocycles. The maximum Gasteiger partial charge on any atom is 0.354 e. The van der Waals surface area contributed by atoms with Gasteiger partial charge in [0.2, 0.25) is 0 Å². The SMILES string of the molecule is CCn1nc(-c2cc(C(C)C)ccc2OC)cc1C(=O)O. The first-order valence-electron chi connectivity index (χ1n) is 6.97. The summed E-state index contributed by atoms with van der Waals surface area (Å²) in [5.41, 5.74) is 2.78. The van der Waals surface area contributed by atoms with Crippen LogP contribution in [0.5, 0.6) is 5.75 Å². The van der Waals surface area contributed by atoms with E-state index in [0.29, 0.717) is 23.9 Å². The molecule has 0 fully saturated rings. The Morgan fingerprint density at radius 1 is 1.38 bits per heavy atom. The first-order chi connectivity index (χ1) is 9.97. The van der Waals surface area contributed by atoms with Crippen molar-refractivity contribution in [2.24, 2.45) is 0 Å². The van der Waals surface area contributed by atoms with Crippen molar-refractivity contribution in [1.29, 1.82) is 0 Å². The molecule has 5 heteroatoms. The van der Waals surface area contributed by atoms with Crippen LogP contribution in [0.2, 0.25) is 0 Å². The van der Waals surface area contributed by atoms with E-state index in [1.807, 2.05) is 25.1 Å². The third kappa shape index (κ3) is 2.91. The van der Waals surface area contributed by atoms with E-state index >= 15 is 0 Å². The van der Waals surface area contributed by atoms with E-state index in [4.69, 9.17) is 4.74 Å². The van der Waals surface area contributed by atoms with Crippen molar-refractivity contribution in [2.75, 3.05) is 7.11 Å². The van der Waals surface area contributed by atoms with Gasteiger partial charge >= 0.3 is 5.97 Å². The molecule has 0 saturated carbocycles. The Morgan fingerprint density at radius 2 is 2.10 bits per heavy atom. The quantitative estimate of drug-likeness (QED) is 0.915. The highest BCUT2D eigenvalue weighted by Crippen LogP contribution is 2.32. The molecular weight excluding hydrogens is 268 g/mol. The average molecular weight is 288 g/mol. The number of aromatic carboxylic acids is 1. The topological polar surface area (TPSA) is 64.4 Å². The molecular formula is C16H20N2O3. The van der Waals surface area contributed by atoms with Gasteiger partial charge in [-0.3, -0.25) is 4.68 Å². The van der Waals surface area contributed by atoms with Gasteiger partial charge in [-0.25, -0.2) is 4.79 Å². The fourth-order valence-electron chi connectivity index (χ4n) is 2.25. The Balaban J connectivity index is 2.59. The van der Waals surface area contributed by atoms with Gasteiger partial charge in [0.25, 0.3) is 0 Å². The van der Waals surface area contributed by atoms with Crippen LogP contribution in [0.3, 0.4) is 0 Å². The van der Waals surface area contributed by atoms with Crippen molar-refractivity contribution in [1.82, 2.24) is 9.78 Å². The monoisotopic (exact) mass is 288 g/mol. The molecule has 5 nitrogen and oxygen atoms in total. The average Bonchev–Trinajstić information content (AvgIpc) is 2.90. The number of hydrogen-bond donors (Lipinski definition) is 1. The lowest BCUT2D eigenvalue weighted by atomic mass is 9.99. The van der Waals surface area contributed by atoms with Crippen molar-refractivity contribution in [3.05, 3.63) is 35.5 Å². The Hall–Kier alpha value is -2.30. The number of methoxy groups -OCH3 is 1. The molecule has 1 heterocycles. The van der Waals surface area contributed by atoms with Crippen molar-refractivity contribution < 1.29 is 14.6 Å². The fraction of sp³-hybridized carbons (Fsp3) is 0.375. The van der Waals surface area contributed by atoms with Crippen LogP contribution in [-0.4, -0.2) is 28.0 Å². The summed E-state index contributed by atoms with van der Waals surface area (Å²) in [5.74, 6) is 0.0912. The number of aryl methyl sites for hydroxylation is 1. The molecule has 0 saturated heterocycles. The molecule has 112 valence electrons. The van der Waals surface area contributed by atoms with Crippen LogP contribution in [0, 0.1) is 0 Å². The van der Waals surface area contributed by atoms with E-state index in [2.05, 4.69) is 18.9 Å². The molecule has 0 amide bonds. The van der Waals surface area contributed by atoms with E-state index in [1.54, 1.807) is 13.2 Å². The smallest absolute Gasteiger partial charge is 0.354 e. The predicted molar refractivity (Wildman–Crippen MR) is 80.9 cm³/mol. The van der Waals surface area contributed by atoms with Crippen LogP contribution in [0.4, 0.5) is 0 Å². The molecule has 0 spiro atoms. The summed E-state index contributed by atoms with van der Waals surface area (Å²) < 4.78 is 6.87. The number of hydrogen-bond acceptors (Lipinski definition) is 3. The zero-order chi connectivity index (χ0) is 15.6.